The Balaban J connectivity index is 1.29. The van der Waals surface area contributed by atoms with E-state index in [0.29, 0.717) is 0 Å². The van der Waals surface area contributed by atoms with Crippen LogP contribution in [0.15, 0.2) is 146 Å². The highest BCUT2D eigenvalue weighted by molar-refractivity contribution is 6.29. The molecule has 0 fully saturated rings. The van der Waals surface area contributed by atoms with Gasteiger partial charge in [0.1, 0.15) is 5.52 Å². The molecule has 4 heterocycles. The van der Waals surface area contributed by atoms with Gasteiger partial charge >= 0.3 is 0 Å². The summed E-state index contributed by atoms with van der Waals surface area (Å²) in [7, 11) is 0. The molecule has 12 aromatic rings. The molecule has 0 atom stereocenters. The van der Waals surface area contributed by atoms with E-state index in [1.165, 1.54) is 70.4 Å². The maximum Gasteiger partial charge on any atom is 0.165 e. The third-order valence-corrected chi connectivity index (χ3v) is 10.5. The summed E-state index contributed by atoms with van der Waals surface area (Å²) >= 11 is 0. The first kappa shape index (κ1) is 24.7. The van der Waals surface area contributed by atoms with Crippen molar-refractivity contribution in [3.8, 4) is 5.69 Å². The summed E-state index contributed by atoms with van der Waals surface area (Å²) in [6.45, 7) is 0. The summed E-state index contributed by atoms with van der Waals surface area (Å²) in [4.78, 5) is 10.7. The van der Waals surface area contributed by atoms with Crippen LogP contribution < -0.4 is 0 Å². The van der Waals surface area contributed by atoms with E-state index < -0.39 is 0 Å². The van der Waals surface area contributed by atoms with Crippen LogP contribution in [0.1, 0.15) is 0 Å². The van der Waals surface area contributed by atoms with Gasteiger partial charge in [-0.2, -0.15) is 0 Å². The molecular weight excluding hydrogens is 585 g/mol. The molecule has 8 aromatic carbocycles. The van der Waals surface area contributed by atoms with Gasteiger partial charge in [-0.15, -0.1) is 0 Å². The molecule has 0 spiro atoms. The van der Waals surface area contributed by atoms with Crippen molar-refractivity contribution in [3.05, 3.63) is 146 Å². The molecular formula is C44H24N4. The van der Waals surface area contributed by atoms with Crippen LogP contribution >= 0.6 is 0 Å². The van der Waals surface area contributed by atoms with Crippen molar-refractivity contribution in [1.29, 1.82) is 0 Å². The van der Waals surface area contributed by atoms with E-state index in [9.17, 15) is 0 Å². The highest BCUT2D eigenvalue weighted by Gasteiger charge is 2.23. The fraction of sp³-hybridized carbons (Fsp3) is 0. The topological polar surface area (TPSA) is 35.1 Å². The van der Waals surface area contributed by atoms with Crippen LogP contribution in [0.25, 0.3) is 109 Å². The van der Waals surface area contributed by atoms with Gasteiger partial charge in [0, 0.05) is 32.6 Å². The van der Waals surface area contributed by atoms with Crippen LogP contribution in [0, 0.1) is 0 Å². The molecule has 0 bridgehead atoms. The minimum Gasteiger partial charge on any atom is -0.309 e. The van der Waals surface area contributed by atoms with E-state index >= 15 is 0 Å². The Bertz CT molecular complexity index is 3250. The molecule has 0 aliphatic heterocycles. The Morgan fingerprint density at radius 1 is 0.396 bits per heavy atom. The Hall–Kier alpha value is -6.52. The van der Waals surface area contributed by atoms with E-state index in [1.807, 2.05) is 0 Å². The maximum absolute atomic E-state index is 5.36. The lowest BCUT2D eigenvalue weighted by Gasteiger charge is -2.10. The van der Waals surface area contributed by atoms with Crippen LogP contribution in [-0.2, 0) is 0 Å². The van der Waals surface area contributed by atoms with Gasteiger partial charge in [0.25, 0.3) is 0 Å². The second-order valence-corrected chi connectivity index (χ2v) is 13.0. The Morgan fingerprint density at radius 2 is 0.938 bits per heavy atom. The van der Waals surface area contributed by atoms with Gasteiger partial charge in [0.2, 0.25) is 0 Å². The Kier molecular flexibility index (Phi) is 4.44. The number of fused-ring (bicyclic) bond motifs is 15. The summed E-state index contributed by atoms with van der Waals surface area (Å²) in [5.41, 5.74) is 9.50. The number of aromatic nitrogens is 4. The number of rotatable bonds is 1. The van der Waals surface area contributed by atoms with Crippen molar-refractivity contribution in [2.75, 3.05) is 0 Å². The SMILES string of the molecule is c1ccc2cc3nc4c(nc3cc2c1)c1cc(-n2c3ccc5ccccc5c3c3c5ccccc5ccc32)cc2c3ccccc3n4c21. The second kappa shape index (κ2) is 8.64. The van der Waals surface area contributed by atoms with Crippen molar-refractivity contribution in [2.24, 2.45) is 0 Å². The maximum atomic E-state index is 5.36. The molecule has 0 N–H and O–H groups in total. The van der Waals surface area contributed by atoms with E-state index in [4.69, 9.17) is 9.97 Å². The molecule has 0 saturated heterocycles. The summed E-state index contributed by atoms with van der Waals surface area (Å²) in [5.74, 6) is 0. The first-order chi connectivity index (χ1) is 23.8. The molecule has 4 nitrogen and oxygen atoms in total. The van der Waals surface area contributed by atoms with Crippen molar-refractivity contribution < 1.29 is 0 Å². The smallest absolute Gasteiger partial charge is 0.165 e. The van der Waals surface area contributed by atoms with Gasteiger partial charge in [-0.25, -0.2) is 9.97 Å². The summed E-state index contributed by atoms with van der Waals surface area (Å²) < 4.78 is 4.79. The van der Waals surface area contributed by atoms with Gasteiger partial charge in [-0.3, -0.25) is 4.40 Å². The lowest BCUT2D eigenvalue weighted by molar-refractivity contribution is 1.19. The van der Waals surface area contributed by atoms with E-state index in [0.717, 1.165) is 38.8 Å². The third-order valence-electron chi connectivity index (χ3n) is 10.5. The zero-order valence-corrected chi connectivity index (χ0v) is 25.6. The molecule has 48 heavy (non-hydrogen) atoms. The number of hydrogen-bond donors (Lipinski definition) is 0. The standard InChI is InChI=1S/C44H24N4/c1-2-12-28-22-36-35(21-27(28)11-1)45-42-34-24-29(23-33-32-15-7-8-16-37(32)48(43(33)34)44(42)46-36)47-38-19-17-25-9-3-5-13-30(25)40(38)41-31-14-6-4-10-26(31)18-20-39(41)47/h1-24H. The predicted octanol–water partition coefficient (Wildman–Crippen LogP) is 11.3. The van der Waals surface area contributed by atoms with Gasteiger partial charge in [0.05, 0.1) is 33.1 Å². The largest absolute Gasteiger partial charge is 0.309 e. The number of para-hydroxylation sites is 1. The van der Waals surface area contributed by atoms with Crippen LogP contribution in [0.4, 0.5) is 0 Å². The molecule has 0 aliphatic rings. The van der Waals surface area contributed by atoms with Gasteiger partial charge in [-0.1, -0.05) is 103 Å². The lowest BCUT2D eigenvalue weighted by atomic mass is 10.00. The molecule has 220 valence electrons. The summed E-state index contributed by atoms with van der Waals surface area (Å²) in [5, 5.41) is 13.5. The average Bonchev–Trinajstić information content (AvgIpc) is 3.77. The first-order valence-corrected chi connectivity index (χ1v) is 16.4. The molecule has 0 amide bonds. The summed E-state index contributed by atoms with van der Waals surface area (Å²) in [6.07, 6.45) is 0. The highest BCUT2D eigenvalue weighted by atomic mass is 15.0. The van der Waals surface area contributed by atoms with Gasteiger partial charge in [-0.05, 0) is 74.8 Å². The van der Waals surface area contributed by atoms with Gasteiger partial charge in [0.15, 0.2) is 5.65 Å². The number of benzene rings is 8. The second-order valence-electron chi connectivity index (χ2n) is 13.0. The molecule has 0 aliphatic carbocycles. The van der Waals surface area contributed by atoms with E-state index in [1.54, 1.807) is 0 Å². The van der Waals surface area contributed by atoms with Crippen molar-refractivity contribution in [3.63, 3.8) is 0 Å². The van der Waals surface area contributed by atoms with Crippen LogP contribution in [0.5, 0.6) is 0 Å². The number of hydrogen-bond acceptors (Lipinski definition) is 2. The molecule has 4 aromatic heterocycles. The summed E-state index contributed by atoms with van der Waals surface area (Å²) in [6, 6.07) is 52.9. The molecule has 0 radical (unpaired) electrons. The highest BCUT2D eigenvalue weighted by Crippen LogP contribution is 2.44. The minimum atomic E-state index is 0.898. The zero-order chi connectivity index (χ0) is 31.1. The van der Waals surface area contributed by atoms with Crippen LogP contribution in [-0.4, -0.2) is 18.9 Å². The van der Waals surface area contributed by atoms with Crippen LogP contribution in [0.2, 0.25) is 0 Å². The van der Waals surface area contributed by atoms with Crippen molar-refractivity contribution in [2.45, 2.75) is 0 Å². The molecule has 0 unspecified atom stereocenters. The molecule has 12 rings (SSSR count). The van der Waals surface area contributed by atoms with E-state index in [-0.39, 0.29) is 0 Å². The number of nitrogens with zero attached hydrogens (tertiary/aromatic N) is 4. The fourth-order valence-corrected chi connectivity index (χ4v) is 8.51. The Labute approximate surface area is 273 Å². The monoisotopic (exact) mass is 608 g/mol. The normalized spacial score (nSPS) is 12.6. The lowest BCUT2D eigenvalue weighted by Crippen LogP contribution is -1.94. The van der Waals surface area contributed by atoms with Crippen molar-refractivity contribution >= 4 is 104 Å². The zero-order valence-electron chi connectivity index (χ0n) is 25.6. The Morgan fingerprint density at radius 3 is 1.60 bits per heavy atom. The van der Waals surface area contributed by atoms with Crippen molar-refractivity contribution in [1.82, 2.24) is 18.9 Å². The minimum absolute atomic E-state index is 0.898. The predicted molar refractivity (Wildman–Crippen MR) is 201 cm³/mol. The van der Waals surface area contributed by atoms with Crippen LogP contribution in [0.3, 0.4) is 0 Å². The molecule has 4 heteroatoms. The average molecular weight is 609 g/mol. The fourth-order valence-electron chi connectivity index (χ4n) is 8.51. The van der Waals surface area contributed by atoms with E-state index in [2.05, 4.69) is 155 Å². The van der Waals surface area contributed by atoms with Gasteiger partial charge < -0.3 is 4.57 Å². The molecule has 0 saturated carbocycles. The third kappa shape index (κ3) is 3.00. The quantitative estimate of drug-likeness (QED) is 0.174. The first-order valence-electron chi connectivity index (χ1n) is 16.4.